The lowest BCUT2D eigenvalue weighted by molar-refractivity contribution is -0.126. The number of benzene rings is 2. The number of carbonyl (C=O) groups is 2. The van der Waals surface area contributed by atoms with Gasteiger partial charge in [0.25, 0.3) is 0 Å². The van der Waals surface area contributed by atoms with Crippen LogP contribution in [0.5, 0.6) is 5.75 Å². The van der Waals surface area contributed by atoms with Crippen molar-refractivity contribution in [2.75, 3.05) is 24.5 Å². The highest BCUT2D eigenvalue weighted by Gasteiger charge is 2.55. The van der Waals surface area contributed by atoms with Gasteiger partial charge in [0.1, 0.15) is 5.75 Å². The number of ether oxygens (including phenoxy) is 1. The second-order valence-corrected chi connectivity index (χ2v) is 10.6. The van der Waals surface area contributed by atoms with Crippen molar-refractivity contribution in [1.29, 1.82) is 0 Å². The minimum atomic E-state index is -0.494. The van der Waals surface area contributed by atoms with Crippen molar-refractivity contribution < 1.29 is 14.3 Å². The summed E-state index contributed by atoms with van der Waals surface area (Å²) in [6.07, 6.45) is 8.31. The van der Waals surface area contributed by atoms with E-state index in [0.29, 0.717) is 12.1 Å². The number of amides is 1. The molecule has 0 bridgehead atoms. The molecule has 1 aliphatic heterocycles. The van der Waals surface area contributed by atoms with Gasteiger partial charge in [0.05, 0.1) is 24.8 Å². The van der Waals surface area contributed by atoms with Crippen molar-refractivity contribution in [1.82, 2.24) is 0 Å². The number of thioether (sulfide) groups is 2. The standard InChI is InChI=1S/C24H24BrNO3S2/c1-29-17-7-5-15(6-8-17)14-26-22-18(24(23(26)28)9-4-10-24)11-16(12-19(22)25)20(27)13-21(30-2)31-3/h5-8,11-13H,4,9-10,14H2,1-3H3. The Balaban J connectivity index is 1.74. The number of allylic oxidation sites excluding steroid dienone is 1. The Bertz CT molecular complexity index is 1060. The summed E-state index contributed by atoms with van der Waals surface area (Å²) in [6, 6.07) is 11.6. The molecule has 4 rings (SSSR count). The van der Waals surface area contributed by atoms with Crippen LogP contribution in [0.1, 0.15) is 40.7 Å². The van der Waals surface area contributed by atoms with Crippen molar-refractivity contribution in [2.45, 2.75) is 31.2 Å². The van der Waals surface area contributed by atoms with E-state index in [1.54, 1.807) is 36.7 Å². The van der Waals surface area contributed by atoms with Gasteiger partial charge in [-0.1, -0.05) is 18.6 Å². The number of hydrogen-bond donors (Lipinski definition) is 0. The molecule has 0 aromatic heterocycles. The Kier molecular flexibility index (Phi) is 6.56. The number of rotatable bonds is 7. The van der Waals surface area contributed by atoms with E-state index in [9.17, 15) is 9.59 Å². The molecule has 31 heavy (non-hydrogen) atoms. The lowest BCUT2D eigenvalue weighted by atomic mass is 9.65. The predicted molar refractivity (Wildman–Crippen MR) is 133 cm³/mol. The molecule has 1 fully saturated rings. The van der Waals surface area contributed by atoms with E-state index in [-0.39, 0.29) is 11.7 Å². The van der Waals surface area contributed by atoms with E-state index < -0.39 is 5.41 Å². The Morgan fingerprint density at radius 3 is 2.42 bits per heavy atom. The summed E-state index contributed by atoms with van der Waals surface area (Å²) in [5, 5.41) is 0. The maximum atomic E-state index is 13.6. The molecule has 1 spiro atoms. The summed E-state index contributed by atoms with van der Waals surface area (Å²) in [5.41, 5.74) is 3.05. The number of hydrogen-bond acceptors (Lipinski definition) is 5. The van der Waals surface area contributed by atoms with Gasteiger partial charge < -0.3 is 9.64 Å². The third-order valence-corrected chi connectivity index (χ3v) is 8.79. The zero-order valence-electron chi connectivity index (χ0n) is 17.7. The van der Waals surface area contributed by atoms with Crippen LogP contribution in [-0.4, -0.2) is 31.3 Å². The molecule has 162 valence electrons. The fraction of sp³-hybridized carbons (Fsp3) is 0.333. The van der Waals surface area contributed by atoms with Crippen LogP contribution in [0.2, 0.25) is 0 Å². The average Bonchev–Trinajstić information content (AvgIpc) is 3.00. The minimum Gasteiger partial charge on any atom is -0.497 e. The minimum absolute atomic E-state index is 0.0299. The lowest BCUT2D eigenvalue weighted by Crippen LogP contribution is -2.44. The van der Waals surface area contributed by atoms with Crippen LogP contribution in [-0.2, 0) is 16.8 Å². The normalized spacial score (nSPS) is 16.1. The van der Waals surface area contributed by atoms with Crippen LogP contribution in [0.4, 0.5) is 5.69 Å². The summed E-state index contributed by atoms with van der Waals surface area (Å²) < 4.78 is 7.01. The maximum Gasteiger partial charge on any atom is 0.238 e. The van der Waals surface area contributed by atoms with Crippen LogP contribution in [0, 0.1) is 0 Å². The SMILES string of the molecule is COc1ccc(CN2C(=O)C3(CCC3)c3cc(C(=O)C=C(SC)SC)cc(Br)c32)cc1. The molecule has 1 heterocycles. The highest BCUT2D eigenvalue weighted by molar-refractivity contribution is 9.10. The number of fused-ring (bicyclic) bond motifs is 2. The third kappa shape index (κ3) is 3.96. The Morgan fingerprint density at radius 2 is 1.87 bits per heavy atom. The van der Waals surface area contributed by atoms with Gasteiger partial charge in [-0.3, -0.25) is 9.59 Å². The molecule has 0 N–H and O–H groups in total. The van der Waals surface area contributed by atoms with Gasteiger partial charge in [0.15, 0.2) is 5.78 Å². The average molecular weight is 518 g/mol. The lowest BCUT2D eigenvalue weighted by Gasteiger charge is -2.37. The smallest absolute Gasteiger partial charge is 0.238 e. The molecule has 0 atom stereocenters. The van der Waals surface area contributed by atoms with Crippen molar-refractivity contribution in [3.63, 3.8) is 0 Å². The zero-order chi connectivity index (χ0) is 22.2. The van der Waals surface area contributed by atoms with Gasteiger partial charge in [-0.25, -0.2) is 0 Å². The molecular weight excluding hydrogens is 494 g/mol. The summed E-state index contributed by atoms with van der Waals surface area (Å²) in [5.74, 6) is 0.900. The fourth-order valence-electron chi connectivity index (χ4n) is 4.32. The van der Waals surface area contributed by atoms with Crippen molar-refractivity contribution >= 4 is 56.8 Å². The van der Waals surface area contributed by atoms with Gasteiger partial charge in [-0.2, -0.15) is 0 Å². The topological polar surface area (TPSA) is 46.6 Å². The summed E-state index contributed by atoms with van der Waals surface area (Å²) in [4.78, 5) is 28.4. The molecule has 1 saturated carbocycles. The molecule has 2 aliphatic rings. The quantitative estimate of drug-likeness (QED) is 0.324. The van der Waals surface area contributed by atoms with Crippen molar-refractivity contribution in [3.8, 4) is 5.75 Å². The van der Waals surface area contributed by atoms with Crippen LogP contribution >= 0.6 is 39.5 Å². The Labute approximate surface area is 199 Å². The van der Waals surface area contributed by atoms with E-state index >= 15 is 0 Å². The van der Waals surface area contributed by atoms with Gasteiger partial charge in [-0.15, -0.1) is 23.5 Å². The van der Waals surface area contributed by atoms with Gasteiger partial charge in [0.2, 0.25) is 5.91 Å². The van der Waals surface area contributed by atoms with E-state index in [2.05, 4.69) is 15.9 Å². The number of halogens is 1. The molecule has 1 amide bonds. The first kappa shape index (κ1) is 22.5. The number of ketones is 1. The first-order chi connectivity index (χ1) is 14.9. The largest absolute Gasteiger partial charge is 0.497 e. The molecule has 2 aromatic rings. The number of anilines is 1. The molecule has 0 saturated heterocycles. The number of nitrogens with zero attached hydrogens (tertiary/aromatic N) is 1. The number of carbonyl (C=O) groups excluding carboxylic acids is 2. The summed E-state index contributed by atoms with van der Waals surface area (Å²) >= 11 is 6.80. The van der Waals surface area contributed by atoms with Gasteiger partial charge >= 0.3 is 0 Å². The second kappa shape index (κ2) is 9.04. The molecule has 2 aromatic carbocycles. The molecule has 4 nitrogen and oxygen atoms in total. The molecule has 0 unspecified atom stereocenters. The highest BCUT2D eigenvalue weighted by Crippen LogP contribution is 2.56. The zero-order valence-corrected chi connectivity index (χ0v) is 21.0. The van der Waals surface area contributed by atoms with Crippen molar-refractivity contribution in [3.05, 3.63) is 67.9 Å². The summed E-state index contributed by atoms with van der Waals surface area (Å²) in [7, 11) is 1.64. The molecule has 7 heteroatoms. The van der Waals surface area contributed by atoms with E-state index in [0.717, 1.165) is 50.5 Å². The molecular formula is C24H24BrNO3S2. The second-order valence-electron chi connectivity index (χ2n) is 7.77. The Morgan fingerprint density at radius 1 is 1.19 bits per heavy atom. The number of methoxy groups -OCH3 is 1. The van der Waals surface area contributed by atoms with Crippen LogP contribution < -0.4 is 9.64 Å². The van der Waals surface area contributed by atoms with Gasteiger partial charge in [-0.05, 0) is 76.7 Å². The van der Waals surface area contributed by atoms with Crippen LogP contribution in [0.15, 0.2) is 51.2 Å². The fourth-order valence-corrected chi connectivity index (χ4v) is 6.12. The maximum absolute atomic E-state index is 13.6. The molecule has 1 aliphatic carbocycles. The molecule has 0 radical (unpaired) electrons. The Hall–Kier alpha value is -1.70. The van der Waals surface area contributed by atoms with Crippen molar-refractivity contribution in [2.24, 2.45) is 0 Å². The predicted octanol–water partition coefficient (Wildman–Crippen LogP) is 6.18. The monoisotopic (exact) mass is 517 g/mol. The highest BCUT2D eigenvalue weighted by atomic mass is 79.9. The third-order valence-electron chi connectivity index (χ3n) is 6.15. The first-order valence-electron chi connectivity index (χ1n) is 10.1. The van der Waals surface area contributed by atoms with E-state index in [4.69, 9.17) is 4.74 Å². The van der Waals surface area contributed by atoms with E-state index in [1.807, 2.05) is 53.8 Å². The van der Waals surface area contributed by atoms with Crippen LogP contribution in [0.3, 0.4) is 0 Å². The summed E-state index contributed by atoms with van der Waals surface area (Å²) in [6.45, 7) is 0.493. The first-order valence-corrected chi connectivity index (χ1v) is 13.3. The van der Waals surface area contributed by atoms with Gasteiger partial charge in [0, 0.05) is 20.3 Å². The van der Waals surface area contributed by atoms with Crippen LogP contribution in [0.25, 0.3) is 0 Å². The van der Waals surface area contributed by atoms with E-state index in [1.165, 1.54) is 0 Å².